The minimum absolute atomic E-state index is 0.125. The van der Waals surface area contributed by atoms with E-state index >= 15 is 0 Å². The number of likely N-dealkylation sites (N-methyl/N-ethyl adjacent to an activating group) is 2. The molecule has 160 valence electrons. The van der Waals surface area contributed by atoms with Crippen LogP contribution in [0.15, 0.2) is 36.4 Å². The molecule has 0 N–H and O–H groups in total. The summed E-state index contributed by atoms with van der Waals surface area (Å²) < 4.78 is 12.6. The highest BCUT2D eigenvalue weighted by Gasteiger charge is 2.15. The maximum absolute atomic E-state index is 6.30. The van der Waals surface area contributed by atoms with E-state index in [1.807, 2.05) is 0 Å². The summed E-state index contributed by atoms with van der Waals surface area (Å²) in [6, 6.07) is 12.9. The largest absolute Gasteiger partial charge is 0.489 e. The summed E-state index contributed by atoms with van der Waals surface area (Å²) >= 11 is 0. The second-order valence-corrected chi connectivity index (χ2v) is 8.78. The second kappa shape index (κ2) is 10.7. The fourth-order valence-electron chi connectivity index (χ4n) is 3.66. The molecule has 4 heteroatoms. The maximum atomic E-state index is 6.30. The van der Waals surface area contributed by atoms with Crippen LogP contribution in [0, 0.1) is 13.8 Å². The van der Waals surface area contributed by atoms with Crippen molar-refractivity contribution in [3.05, 3.63) is 58.7 Å². The number of ether oxygens (including phenoxy) is 2. The first-order valence-corrected chi connectivity index (χ1v) is 10.5. The molecule has 0 aromatic heterocycles. The number of hydrogen-bond donors (Lipinski definition) is 0. The van der Waals surface area contributed by atoms with Gasteiger partial charge in [-0.2, -0.15) is 0 Å². The number of nitrogens with zero attached hydrogens (tertiary/aromatic N) is 2. The molecule has 2 unspecified atom stereocenters. The van der Waals surface area contributed by atoms with E-state index in [1.54, 1.807) is 0 Å². The molecule has 0 amide bonds. The van der Waals surface area contributed by atoms with Crippen molar-refractivity contribution < 1.29 is 9.47 Å². The zero-order chi connectivity index (χ0) is 21.6. The maximum Gasteiger partial charge on any atom is 0.123 e. The van der Waals surface area contributed by atoms with Crippen molar-refractivity contribution >= 4 is 0 Å². The Balaban J connectivity index is 2.28. The van der Waals surface area contributed by atoms with Gasteiger partial charge in [0.15, 0.2) is 0 Å². The lowest BCUT2D eigenvalue weighted by atomic mass is 9.99. The first-order valence-electron chi connectivity index (χ1n) is 10.5. The van der Waals surface area contributed by atoms with Crippen LogP contribution in [0.2, 0.25) is 0 Å². The van der Waals surface area contributed by atoms with Crippen LogP contribution in [0.5, 0.6) is 11.5 Å². The molecule has 0 spiro atoms. The Hall–Kier alpha value is -2.04. The van der Waals surface area contributed by atoms with Gasteiger partial charge in [0.25, 0.3) is 0 Å². The predicted molar refractivity (Wildman–Crippen MR) is 122 cm³/mol. The van der Waals surface area contributed by atoms with Crippen molar-refractivity contribution in [3.8, 4) is 11.5 Å². The van der Waals surface area contributed by atoms with Crippen molar-refractivity contribution in [3.63, 3.8) is 0 Å². The summed E-state index contributed by atoms with van der Waals surface area (Å²) in [5, 5.41) is 0. The highest BCUT2D eigenvalue weighted by atomic mass is 16.5. The Kier molecular flexibility index (Phi) is 8.54. The average Bonchev–Trinajstić information content (AvgIpc) is 2.58. The zero-order valence-electron chi connectivity index (χ0n) is 19.5. The Morgan fingerprint density at radius 2 is 1.07 bits per heavy atom. The van der Waals surface area contributed by atoms with Crippen LogP contribution >= 0.6 is 0 Å². The highest BCUT2D eigenvalue weighted by molar-refractivity contribution is 5.45. The third kappa shape index (κ3) is 7.71. The highest BCUT2D eigenvalue weighted by Crippen LogP contribution is 2.29. The molecule has 0 aliphatic heterocycles. The molecular weight excluding hydrogens is 360 g/mol. The standard InChI is InChI=1S/C25H38N2O2/c1-18-9-11-24(28-20(3)16-26(5)6)22(13-18)15-23-14-19(2)10-12-25(23)29-21(4)17-27(7)8/h9-14,20-21H,15-17H2,1-8H3. The molecular formula is C25H38N2O2. The van der Waals surface area contributed by atoms with E-state index in [0.717, 1.165) is 31.0 Å². The average molecular weight is 399 g/mol. The van der Waals surface area contributed by atoms with E-state index < -0.39 is 0 Å². The lowest BCUT2D eigenvalue weighted by molar-refractivity contribution is 0.174. The van der Waals surface area contributed by atoms with Crippen LogP contribution < -0.4 is 9.47 Å². The van der Waals surface area contributed by atoms with Gasteiger partial charge in [0.2, 0.25) is 0 Å². The monoisotopic (exact) mass is 398 g/mol. The van der Waals surface area contributed by atoms with Crippen LogP contribution in [0.1, 0.15) is 36.1 Å². The van der Waals surface area contributed by atoms with Crippen molar-refractivity contribution in [1.82, 2.24) is 9.80 Å². The normalized spacial score (nSPS) is 13.6. The van der Waals surface area contributed by atoms with Gasteiger partial charge in [0.1, 0.15) is 23.7 Å². The molecule has 0 heterocycles. The summed E-state index contributed by atoms with van der Waals surface area (Å²) in [6.07, 6.45) is 1.04. The van der Waals surface area contributed by atoms with Gasteiger partial charge < -0.3 is 19.3 Å². The lowest BCUT2D eigenvalue weighted by Gasteiger charge is -2.23. The number of aryl methyl sites for hydroxylation is 2. The molecule has 0 aliphatic rings. The molecule has 4 nitrogen and oxygen atoms in total. The number of rotatable bonds is 10. The molecule has 0 saturated heterocycles. The topological polar surface area (TPSA) is 24.9 Å². The molecule has 0 saturated carbocycles. The Bertz CT molecular complexity index is 721. The second-order valence-electron chi connectivity index (χ2n) is 8.78. The molecule has 0 bridgehead atoms. The number of hydrogen-bond acceptors (Lipinski definition) is 4. The molecule has 0 aliphatic carbocycles. The van der Waals surface area contributed by atoms with Crippen molar-refractivity contribution in [2.24, 2.45) is 0 Å². The first-order chi connectivity index (χ1) is 13.6. The molecule has 2 aromatic carbocycles. The SMILES string of the molecule is Cc1ccc(OC(C)CN(C)C)c(Cc2cc(C)ccc2OC(C)CN(C)C)c1. The van der Waals surface area contributed by atoms with E-state index in [4.69, 9.17) is 9.47 Å². The lowest BCUT2D eigenvalue weighted by Crippen LogP contribution is -2.28. The Labute approximate surface area is 177 Å². The van der Waals surface area contributed by atoms with Gasteiger partial charge in [0.05, 0.1) is 0 Å². The smallest absolute Gasteiger partial charge is 0.123 e. The molecule has 2 atom stereocenters. The first kappa shape index (κ1) is 23.2. The quantitative estimate of drug-likeness (QED) is 0.586. The van der Waals surface area contributed by atoms with Crippen molar-refractivity contribution in [2.45, 2.75) is 46.3 Å². The molecule has 0 radical (unpaired) electrons. The fraction of sp³-hybridized carbons (Fsp3) is 0.520. The van der Waals surface area contributed by atoms with E-state index in [0.29, 0.717) is 0 Å². The van der Waals surface area contributed by atoms with Gasteiger partial charge in [-0.25, -0.2) is 0 Å². The van der Waals surface area contributed by atoms with Crippen LogP contribution in [-0.2, 0) is 6.42 Å². The molecule has 29 heavy (non-hydrogen) atoms. The van der Waals surface area contributed by atoms with Gasteiger partial charge in [-0.15, -0.1) is 0 Å². The Morgan fingerprint density at radius 3 is 1.41 bits per heavy atom. The van der Waals surface area contributed by atoms with Crippen molar-refractivity contribution in [2.75, 3.05) is 41.3 Å². The van der Waals surface area contributed by atoms with Crippen LogP contribution in [0.4, 0.5) is 0 Å². The predicted octanol–water partition coefficient (Wildman–Crippen LogP) is 4.55. The Morgan fingerprint density at radius 1 is 0.690 bits per heavy atom. The third-order valence-corrected chi connectivity index (χ3v) is 4.71. The summed E-state index contributed by atoms with van der Waals surface area (Å²) in [5.74, 6) is 1.91. The zero-order valence-corrected chi connectivity index (χ0v) is 19.5. The minimum atomic E-state index is 0.125. The van der Waals surface area contributed by atoms with E-state index in [9.17, 15) is 0 Å². The van der Waals surface area contributed by atoms with Crippen molar-refractivity contribution in [1.29, 1.82) is 0 Å². The summed E-state index contributed by atoms with van der Waals surface area (Å²) in [4.78, 5) is 4.30. The van der Waals surface area contributed by atoms with Crippen LogP contribution in [0.25, 0.3) is 0 Å². The van der Waals surface area contributed by atoms with Gasteiger partial charge >= 0.3 is 0 Å². The summed E-state index contributed by atoms with van der Waals surface area (Å²) in [5.41, 5.74) is 4.88. The summed E-state index contributed by atoms with van der Waals surface area (Å²) in [6.45, 7) is 10.3. The van der Waals surface area contributed by atoms with Gasteiger partial charge in [-0.1, -0.05) is 35.4 Å². The van der Waals surface area contributed by atoms with E-state index in [1.165, 1.54) is 22.3 Å². The minimum Gasteiger partial charge on any atom is -0.489 e. The molecule has 2 aromatic rings. The van der Waals surface area contributed by atoms with Crippen LogP contribution in [0.3, 0.4) is 0 Å². The fourth-order valence-corrected chi connectivity index (χ4v) is 3.66. The third-order valence-electron chi connectivity index (χ3n) is 4.71. The molecule has 0 fully saturated rings. The summed E-state index contributed by atoms with van der Waals surface area (Å²) in [7, 11) is 8.28. The van der Waals surface area contributed by atoms with E-state index in [-0.39, 0.29) is 12.2 Å². The van der Waals surface area contributed by atoms with Gasteiger partial charge in [-0.3, -0.25) is 0 Å². The van der Waals surface area contributed by atoms with Crippen LogP contribution in [-0.4, -0.2) is 63.3 Å². The molecule has 2 rings (SSSR count). The van der Waals surface area contributed by atoms with Gasteiger partial charge in [0, 0.05) is 19.5 Å². The van der Waals surface area contributed by atoms with E-state index in [2.05, 4.69) is 102 Å². The van der Waals surface area contributed by atoms with Gasteiger partial charge in [-0.05, 0) is 79.1 Å². The number of benzene rings is 2.